The molecule has 13 rings (SSSR count). The van der Waals surface area contributed by atoms with Crippen LogP contribution in [0.5, 0.6) is 0 Å². The van der Waals surface area contributed by atoms with Gasteiger partial charge in [-0.25, -0.2) is 0 Å². The Bertz CT molecular complexity index is 3400. The summed E-state index contributed by atoms with van der Waals surface area (Å²) < 4.78 is 18.2. The highest BCUT2D eigenvalue weighted by Crippen LogP contribution is 2.47. The Morgan fingerprint density at radius 2 is 0.983 bits per heavy atom. The lowest BCUT2D eigenvalue weighted by atomic mass is 9.83. The molecule has 0 amide bonds. The average molecular weight is 745 g/mol. The molecular formula is C54H36N2O2. The van der Waals surface area contributed by atoms with E-state index in [0.717, 1.165) is 47.8 Å². The van der Waals surface area contributed by atoms with Gasteiger partial charge >= 0.3 is 0 Å². The first-order valence-corrected chi connectivity index (χ1v) is 20.3. The summed E-state index contributed by atoms with van der Waals surface area (Å²) in [6, 6.07) is 59.4. The van der Waals surface area contributed by atoms with E-state index in [4.69, 9.17) is 8.83 Å². The van der Waals surface area contributed by atoms with Crippen LogP contribution in [0.1, 0.15) is 33.9 Å². The minimum Gasteiger partial charge on any atom is -0.453 e. The van der Waals surface area contributed by atoms with Crippen molar-refractivity contribution in [2.75, 3.05) is 0 Å². The predicted molar refractivity (Wildman–Crippen MR) is 237 cm³/mol. The van der Waals surface area contributed by atoms with Crippen LogP contribution in [-0.4, -0.2) is 9.13 Å². The molecule has 0 radical (unpaired) electrons. The Kier molecular flexibility index (Phi) is 6.65. The second-order valence-electron chi connectivity index (χ2n) is 15.9. The van der Waals surface area contributed by atoms with Crippen LogP contribution < -0.4 is 0 Å². The zero-order valence-corrected chi connectivity index (χ0v) is 31.7. The van der Waals surface area contributed by atoms with Gasteiger partial charge in [0, 0.05) is 60.9 Å². The molecule has 4 heteroatoms. The molecule has 0 bridgehead atoms. The summed E-state index contributed by atoms with van der Waals surface area (Å²) in [6.45, 7) is 0. The first kappa shape index (κ1) is 31.9. The van der Waals surface area contributed by atoms with Gasteiger partial charge in [0.05, 0.1) is 22.1 Å². The first-order chi connectivity index (χ1) is 28.7. The molecule has 1 unspecified atom stereocenters. The van der Waals surface area contributed by atoms with Gasteiger partial charge in [-0.1, -0.05) is 109 Å². The molecule has 4 heterocycles. The summed E-state index contributed by atoms with van der Waals surface area (Å²) >= 11 is 0. The van der Waals surface area contributed by atoms with Gasteiger partial charge in [0.2, 0.25) is 0 Å². The molecule has 0 saturated carbocycles. The van der Waals surface area contributed by atoms with E-state index >= 15 is 0 Å². The van der Waals surface area contributed by atoms with Crippen molar-refractivity contribution in [2.24, 2.45) is 0 Å². The highest BCUT2D eigenvalue weighted by Gasteiger charge is 2.32. The molecule has 7 aromatic carbocycles. The van der Waals surface area contributed by atoms with E-state index in [0.29, 0.717) is 0 Å². The summed E-state index contributed by atoms with van der Waals surface area (Å²) in [5, 5.41) is 6.27. The van der Waals surface area contributed by atoms with Crippen LogP contribution in [0.25, 0.3) is 94.7 Å². The number of aryl methyl sites for hydroxylation is 1. The van der Waals surface area contributed by atoms with E-state index in [1.807, 2.05) is 0 Å². The smallest absolute Gasteiger partial charge is 0.174 e. The molecule has 11 aromatic rings. The van der Waals surface area contributed by atoms with Gasteiger partial charge in [0.1, 0.15) is 11.3 Å². The van der Waals surface area contributed by atoms with E-state index in [9.17, 15) is 0 Å². The minimum absolute atomic E-state index is 0.250. The van der Waals surface area contributed by atoms with E-state index in [2.05, 4.69) is 185 Å². The minimum atomic E-state index is 0.250. The summed E-state index contributed by atoms with van der Waals surface area (Å²) in [5.41, 5.74) is 15.7. The van der Waals surface area contributed by atoms with Crippen molar-refractivity contribution in [3.05, 3.63) is 198 Å². The van der Waals surface area contributed by atoms with E-state index in [1.165, 1.54) is 88.1 Å². The molecule has 4 aromatic heterocycles. The molecule has 2 aliphatic rings. The fourth-order valence-electron chi connectivity index (χ4n) is 10.2. The van der Waals surface area contributed by atoms with Crippen LogP contribution in [0.2, 0.25) is 0 Å². The second kappa shape index (κ2) is 12.1. The molecule has 1 atom stereocenters. The average Bonchev–Trinajstić information content (AvgIpc) is 4.04. The van der Waals surface area contributed by atoms with Gasteiger partial charge in [0.15, 0.2) is 11.5 Å². The van der Waals surface area contributed by atoms with Crippen LogP contribution in [0, 0.1) is 0 Å². The van der Waals surface area contributed by atoms with Gasteiger partial charge in [-0.3, -0.25) is 0 Å². The van der Waals surface area contributed by atoms with Crippen molar-refractivity contribution in [1.82, 2.24) is 9.13 Å². The zero-order chi connectivity index (χ0) is 37.9. The van der Waals surface area contributed by atoms with Gasteiger partial charge in [-0.15, -0.1) is 0 Å². The fraction of sp³-hybridized carbons (Fsp3) is 0.0741. The summed E-state index contributed by atoms with van der Waals surface area (Å²) in [6.07, 6.45) is 7.28. The van der Waals surface area contributed by atoms with Gasteiger partial charge < -0.3 is 18.0 Å². The van der Waals surface area contributed by atoms with Gasteiger partial charge in [-0.2, -0.15) is 0 Å². The Labute approximate surface area is 334 Å². The molecule has 0 aliphatic heterocycles. The van der Waals surface area contributed by atoms with Crippen LogP contribution in [0.15, 0.2) is 179 Å². The number of hydrogen-bond donors (Lipinski definition) is 0. The second-order valence-corrected chi connectivity index (χ2v) is 15.9. The third-order valence-electron chi connectivity index (χ3n) is 12.8. The van der Waals surface area contributed by atoms with Crippen molar-refractivity contribution in [3.63, 3.8) is 0 Å². The molecule has 0 spiro atoms. The number of aromatic nitrogens is 2. The van der Waals surface area contributed by atoms with Crippen molar-refractivity contribution >= 4 is 60.7 Å². The van der Waals surface area contributed by atoms with Crippen LogP contribution in [0.3, 0.4) is 0 Å². The van der Waals surface area contributed by atoms with Crippen molar-refractivity contribution < 1.29 is 8.83 Å². The lowest BCUT2D eigenvalue weighted by Crippen LogP contribution is -2.09. The van der Waals surface area contributed by atoms with E-state index in [-0.39, 0.29) is 5.92 Å². The largest absolute Gasteiger partial charge is 0.453 e. The lowest BCUT2D eigenvalue weighted by Gasteiger charge is -2.20. The molecule has 274 valence electrons. The van der Waals surface area contributed by atoms with Crippen LogP contribution >= 0.6 is 0 Å². The summed E-state index contributed by atoms with van der Waals surface area (Å²) in [7, 11) is 0. The maximum Gasteiger partial charge on any atom is 0.174 e. The van der Waals surface area contributed by atoms with Crippen LogP contribution in [-0.2, 0) is 19.3 Å². The molecule has 0 saturated heterocycles. The number of rotatable bonds is 4. The maximum atomic E-state index is 6.70. The highest BCUT2D eigenvalue weighted by atomic mass is 16.4. The monoisotopic (exact) mass is 744 g/mol. The van der Waals surface area contributed by atoms with Gasteiger partial charge in [0.25, 0.3) is 0 Å². The van der Waals surface area contributed by atoms with Crippen LogP contribution in [0.4, 0.5) is 0 Å². The third kappa shape index (κ3) is 4.57. The predicted octanol–water partition coefficient (Wildman–Crippen LogP) is 14.0. The SMILES string of the molecule is C1=CC(c2cccc(-n3c4ccccc4c4ccccc43)c2)Cc2c1oc1c2CCc2c-1oc1ccc(-c3cccc(-n4c5ccccc5c5ccccc54)c3)cc21. The molecule has 0 fully saturated rings. The van der Waals surface area contributed by atoms with Crippen molar-refractivity contribution in [3.8, 4) is 34.0 Å². The highest BCUT2D eigenvalue weighted by molar-refractivity contribution is 6.10. The van der Waals surface area contributed by atoms with E-state index < -0.39 is 0 Å². The number of nitrogens with zero attached hydrogens (tertiary/aromatic N) is 2. The Morgan fingerprint density at radius 3 is 1.64 bits per heavy atom. The van der Waals surface area contributed by atoms with Crippen molar-refractivity contribution in [2.45, 2.75) is 25.2 Å². The molecule has 4 nitrogen and oxygen atoms in total. The topological polar surface area (TPSA) is 36.1 Å². The number of fused-ring (bicyclic) bond motifs is 13. The standard InChI is InChI=1S/C54H36N2O2/c1-5-19-47-39(15-1)40-16-2-6-20-48(40)55(47)37-13-9-11-33(29-37)35-23-27-51-45(31-35)43-25-26-44-46-32-36(24-28-52(46)58-54(44)53(43)57-51)34-12-10-14-38(30-34)56-49-21-7-3-17-41(49)42-18-4-8-22-50(42)56/h1-24,27-31,36H,25-26,32H2. The maximum absolute atomic E-state index is 6.70. The van der Waals surface area contributed by atoms with E-state index in [1.54, 1.807) is 0 Å². The van der Waals surface area contributed by atoms with Crippen molar-refractivity contribution in [1.29, 1.82) is 0 Å². The zero-order valence-electron chi connectivity index (χ0n) is 31.7. The van der Waals surface area contributed by atoms with Gasteiger partial charge in [-0.05, 0) is 103 Å². The lowest BCUT2D eigenvalue weighted by molar-refractivity contribution is 0.523. The molecule has 58 heavy (non-hydrogen) atoms. The first-order valence-electron chi connectivity index (χ1n) is 20.3. The normalized spacial score (nSPS) is 14.8. The Balaban J connectivity index is 0.842. The summed E-state index contributed by atoms with van der Waals surface area (Å²) in [4.78, 5) is 0. The third-order valence-corrected chi connectivity index (χ3v) is 12.8. The fourth-order valence-corrected chi connectivity index (χ4v) is 10.2. The molecular weight excluding hydrogens is 709 g/mol. The number of para-hydroxylation sites is 4. The Hall–Kier alpha value is -7.30. The molecule has 2 aliphatic carbocycles. The number of furan rings is 2. The number of hydrogen-bond acceptors (Lipinski definition) is 2. The molecule has 0 N–H and O–H groups in total. The number of benzene rings is 7. The number of allylic oxidation sites excluding steroid dienone is 1. The quantitative estimate of drug-likeness (QED) is 0.180. The summed E-state index contributed by atoms with van der Waals surface area (Å²) in [5.74, 6) is 3.01. The Morgan fingerprint density at radius 1 is 0.431 bits per heavy atom.